The molecule has 0 aliphatic carbocycles. The number of nitrogens with zero attached hydrogens (tertiary/aromatic N) is 1. The van der Waals surface area contributed by atoms with E-state index in [1.165, 1.54) is 19.4 Å². The minimum Gasteiger partial charge on any atom is -0.492 e. The molecule has 3 atom stereocenters. The van der Waals surface area contributed by atoms with Gasteiger partial charge in [-0.1, -0.05) is 24.6 Å². The monoisotopic (exact) mass is 511 g/mol. The predicted octanol–water partition coefficient (Wildman–Crippen LogP) is 4.83. The highest BCUT2D eigenvalue weighted by Crippen LogP contribution is 2.44. The fourth-order valence-corrected chi connectivity index (χ4v) is 4.18. The van der Waals surface area contributed by atoms with Crippen LogP contribution in [0.2, 0.25) is 5.02 Å². The van der Waals surface area contributed by atoms with Crippen LogP contribution in [-0.2, 0) is 10.3 Å². The van der Waals surface area contributed by atoms with Crippen LogP contribution in [0.25, 0.3) is 0 Å². The number of aryl methyl sites for hydroxylation is 1. The van der Waals surface area contributed by atoms with Crippen LogP contribution in [0.15, 0.2) is 34.3 Å². The van der Waals surface area contributed by atoms with Crippen LogP contribution in [-0.4, -0.2) is 37.2 Å². The van der Waals surface area contributed by atoms with E-state index in [1.54, 1.807) is 25.1 Å². The normalized spacial score (nSPS) is 18.8. The predicted molar refractivity (Wildman–Crippen MR) is 135 cm³/mol. The molecule has 0 saturated heterocycles. The molecule has 0 saturated carbocycles. The maximum absolute atomic E-state index is 14.0. The van der Waals surface area contributed by atoms with Crippen molar-refractivity contribution in [2.45, 2.75) is 56.6 Å². The molecule has 3 unspecified atom stereocenters. The van der Waals surface area contributed by atoms with E-state index in [0.717, 1.165) is 11.1 Å². The van der Waals surface area contributed by atoms with Crippen LogP contribution in [0.1, 0.15) is 48.4 Å². The lowest BCUT2D eigenvalue weighted by Crippen LogP contribution is -2.31. The van der Waals surface area contributed by atoms with Crippen molar-refractivity contribution in [3.8, 4) is 5.75 Å². The van der Waals surface area contributed by atoms with Crippen molar-refractivity contribution in [1.29, 1.82) is 0 Å². The number of carbonyl (C=O) groups is 1. The lowest BCUT2D eigenvalue weighted by atomic mass is 9.88. The molecule has 2 aromatic carbocycles. The topological polar surface area (TPSA) is 106 Å². The van der Waals surface area contributed by atoms with E-state index in [9.17, 15) is 14.3 Å². The molecule has 1 aliphatic rings. The van der Waals surface area contributed by atoms with Crippen LogP contribution < -0.4 is 15.9 Å². The first-order valence-corrected chi connectivity index (χ1v) is 11.5. The Labute approximate surface area is 209 Å². The Balaban J connectivity index is 0.000000254. The number of hydrazone groups is 1. The number of benzene rings is 2. The number of rotatable bonds is 4. The summed E-state index contributed by atoms with van der Waals surface area (Å²) in [6, 6.07) is 6.14. The second kappa shape index (κ2) is 11.9. The summed E-state index contributed by atoms with van der Waals surface area (Å²) in [5.74, 6) is 0.0561. The first-order chi connectivity index (χ1) is 15.9. The van der Waals surface area contributed by atoms with Gasteiger partial charge in [0.15, 0.2) is 0 Å². The summed E-state index contributed by atoms with van der Waals surface area (Å²) in [7, 11) is 1.24. The number of thiol groups is 1. The smallest absolute Gasteiger partial charge is 0.427 e. The number of methoxy groups -OCH3 is 1. The number of ether oxygens (including phenoxy) is 2. The third-order valence-corrected chi connectivity index (χ3v) is 6.48. The summed E-state index contributed by atoms with van der Waals surface area (Å²) < 4.78 is 23.8. The Kier molecular flexibility index (Phi) is 9.75. The highest BCUT2D eigenvalue weighted by atomic mass is 35.5. The molecule has 0 radical (unpaired) electrons. The molecule has 0 bridgehead atoms. The van der Waals surface area contributed by atoms with E-state index in [2.05, 4.69) is 27.9 Å². The second-order valence-electron chi connectivity index (χ2n) is 8.29. The molecule has 4 N–H and O–H groups in total. The van der Waals surface area contributed by atoms with Crippen molar-refractivity contribution in [2.75, 3.05) is 13.7 Å². The Morgan fingerprint density at radius 2 is 2.09 bits per heavy atom. The lowest BCUT2D eigenvalue weighted by Gasteiger charge is -2.32. The number of hydrogen-bond acceptors (Lipinski definition) is 7. The van der Waals surface area contributed by atoms with Gasteiger partial charge in [-0.25, -0.2) is 14.6 Å². The molecule has 186 valence electrons. The zero-order valence-corrected chi connectivity index (χ0v) is 21.5. The molecule has 10 heteroatoms. The Hall–Kier alpha value is -2.33. The van der Waals surface area contributed by atoms with Gasteiger partial charge in [0.1, 0.15) is 11.6 Å². The maximum Gasteiger partial charge on any atom is 0.427 e. The van der Waals surface area contributed by atoms with Crippen LogP contribution in [0.4, 0.5) is 9.18 Å². The molecule has 1 heterocycles. The zero-order chi connectivity index (χ0) is 25.6. The van der Waals surface area contributed by atoms with Gasteiger partial charge in [0, 0.05) is 35.1 Å². The lowest BCUT2D eigenvalue weighted by molar-refractivity contribution is 0.0136. The molecule has 0 spiro atoms. The zero-order valence-electron chi connectivity index (χ0n) is 19.9. The van der Waals surface area contributed by atoms with Crippen molar-refractivity contribution in [2.24, 2.45) is 10.8 Å². The van der Waals surface area contributed by atoms with Crippen LogP contribution in [0, 0.1) is 19.7 Å². The summed E-state index contributed by atoms with van der Waals surface area (Å²) in [6.45, 7) is 7.84. The number of hydrogen-bond donors (Lipinski definition) is 4. The van der Waals surface area contributed by atoms with Gasteiger partial charge in [0.2, 0.25) is 0 Å². The van der Waals surface area contributed by atoms with Crippen molar-refractivity contribution in [1.82, 2.24) is 5.43 Å². The average molecular weight is 512 g/mol. The van der Waals surface area contributed by atoms with Crippen LogP contribution in [0.5, 0.6) is 5.75 Å². The van der Waals surface area contributed by atoms with Crippen LogP contribution >= 0.6 is 24.2 Å². The summed E-state index contributed by atoms with van der Waals surface area (Å²) in [5, 5.41) is 14.3. The molecular formula is C24H31ClFN3O4S. The summed E-state index contributed by atoms with van der Waals surface area (Å²) in [4.78, 5) is 11.6. The molecule has 3 rings (SSSR count). The Morgan fingerprint density at radius 1 is 1.41 bits per heavy atom. The van der Waals surface area contributed by atoms with E-state index in [4.69, 9.17) is 22.1 Å². The van der Waals surface area contributed by atoms with E-state index in [-0.39, 0.29) is 11.7 Å². The third kappa shape index (κ3) is 6.63. The van der Waals surface area contributed by atoms with Gasteiger partial charge in [-0.2, -0.15) is 5.10 Å². The van der Waals surface area contributed by atoms with E-state index >= 15 is 0 Å². The Bertz CT molecular complexity index is 1060. The van der Waals surface area contributed by atoms with Gasteiger partial charge in [0.25, 0.3) is 0 Å². The standard InChI is InChI=1S/C14H20FN3O2.C10H11ClO2S/c1-8-5-6-11(15)13(9(8)2)10(3)12(16)7-17-18-14(19)20-4;1-10(12)4-5-13-9-7(14)3-2-6(11)8(9)10/h5-7,10,12H,16H2,1-4H3,(H,18,19);2-3,12,14H,4-5H2,1H3/b17-7+;. The molecule has 1 amide bonds. The fourth-order valence-electron chi connectivity index (χ4n) is 3.58. The molecule has 34 heavy (non-hydrogen) atoms. The molecule has 1 aliphatic heterocycles. The van der Waals surface area contributed by atoms with Gasteiger partial charge in [-0.15, -0.1) is 12.6 Å². The van der Waals surface area contributed by atoms with Crippen molar-refractivity contribution in [3.63, 3.8) is 0 Å². The highest BCUT2D eigenvalue weighted by molar-refractivity contribution is 7.80. The summed E-state index contributed by atoms with van der Waals surface area (Å²) >= 11 is 10.3. The molecule has 2 aromatic rings. The van der Waals surface area contributed by atoms with Gasteiger partial charge in [0.05, 0.1) is 24.3 Å². The summed E-state index contributed by atoms with van der Waals surface area (Å²) in [5.41, 5.74) is 10.3. The van der Waals surface area contributed by atoms with E-state index in [1.807, 2.05) is 20.8 Å². The van der Waals surface area contributed by atoms with Crippen molar-refractivity contribution < 1.29 is 23.8 Å². The molecule has 0 aromatic heterocycles. The van der Waals surface area contributed by atoms with E-state index in [0.29, 0.717) is 39.8 Å². The van der Waals surface area contributed by atoms with Crippen molar-refractivity contribution >= 4 is 36.5 Å². The van der Waals surface area contributed by atoms with Gasteiger partial charge in [-0.05, 0) is 55.7 Å². The van der Waals surface area contributed by atoms with Crippen LogP contribution in [0.3, 0.4) is 0 Å². The first kappa shape index (κ1) is 27.9. The van der Waals surface area contributed by atoms with Crippen molar-refractivity contribution in [3.05, 3.63) is 57.4 Å². The number of aliphatic hydroxyl groups is 1. The highest BCUT2D eigenvalue weighted by Gasteiger charge is 2.34. The number of carbonyl (C=O) groups excluding carboxylic acids is 1. The number of nitrogens with one attached hydrogen (secondary N) is 1. The molecule has 0 fully saturated rings. The first-order valence-electron chi connectivity index (χ1n) is 10.7. The number of fused-ring (bicyclic) bond motifs is 1. The third-order valence-electron chi connectivity index (χ3n) is 5.81. The minimum atomic E-state index is -0.913. The maximum atomic E-state index is 14.0. The molecule has 7 nitrogen and oxygen atoms in total. The fraction of sp³-hybridized carbons (Fsp3) is 0.417. The minimum absolute atomic E-state index is 0.266. The van der Waals surface area contributed by atoms with Gasteiger partial charge in [-0.3, -0.25) is 0 Å². The largest absolute Gasteiger partial charge is 0.492 e. The summed E-state index contributed by atoms with van der Waals surface area (Å²) in [6.07, 6.45) is 1.23. The molecular weight excluding hydrogens is 481 g/mol. The number of amides is 1. The van der Waals surface area contributed by atoms with Gasteiger partial charge >= 0.3 is 6.09 Å². The second-order valence-corrected chi connectivity index (χ2v) is 9.18. The average Bonchev–Trinajstić information content (AvgIpc) is 2.78. The Morgan fingerprint density at radius 3 is 2.71 bits per heavy atom. The number of nitrogens with two attached hydrogens (primary N) is 1. The quantitative estimate of drug-likeness (QED) is 0.267. The van der Waals surface area contributed by atoms with E-state index < -0.39 is 17.7 Å². The number of halogens is 2. The van der Waals surface area contributed by atoms with Gasteiger partial charge < -0.3 is 20.3 Å². The SMILES string of the molecule is CC1(O)CCOc2c(S)ccc(Cl)c21.COC(=O)N/N=C/C(N)C(C)c1c(F)ccc(C)c1C.